The number of rotatable bonds is 1. The fourth-order valence-corrected chi connectivity index (χ4v) is 2.93. The summed E-state index contributed by atoms with van der Waals surface area (Å²) < 4.78 is 11.1. The second-order valence-electron chi connectivity index (χ2n) is 5.26. The summed E-state index contributed by atoms with van der Waals surface area (Å²) in [6.07, 6.45) is 1.99. The Labute approximate surface area is 122 Å². The van der Waals surface area contributed by atoms with Crippen LogP contribution in [0.2, 0.25) is 0 Å². The highest BCUT2D eigenvalue weighted by Gasteiger charge is 2.30. The van der Waals surface area contributed by atoms with Gasteiger partial charge in [0.15, 0.2) is 0 Å². The molecule has 0 spiro atoms. The molecule has 3 aliphatic rings. The molecule has 1 saturated heterocycles. The lowest BCUT2D eigenvalue weighted by Crippen LogP contribution is -2.36. The van der Waals surface area contributed by atoms with Crippen LogP contribution >= 0.6 is 0 Å². The van der Waals surface area contributed by atoms with Crippen molar-refractivity contribution >= 4 is 17.2 Å². The topological polar surface area (TPSA) is 50.8 Å². The maximum atomic E-state index is 12.2. The minimum absolute atomic E-state index is 0.0920. The Balaban J connectivity index is 1.70. The Bertz CT molecular complexity index is 657. The Morgan fingerprint density at radius 1 is 1.14 bits per heavy atom. The van der Waals surface area contributed by atoms with Crippen molar-refractivity contribution in [1.82, 2.24) is 4.90 Å². The Morgan fingerprint density at radius 2 is 1.95 bits per heavy atom. The van der Waals surface area contributed by atoms with Gasteiger partial charge in [-0.3, -0.25) is 4.79 Å². The smallest absolute Gasteiger partial charge is 0.260 e. The third-order valence-electron chi connectivity index (χ3n) is 4.01. The molecule has 0 saturated carbocycles. The number of carbonyl (C=O) groups excluding carboxylic acids is 1. The minimum atomic E-state index is -0.0920. The second kappa shape index (κ2) is 4.93. The molecule has 5 nitrogen and oxygen atoms in total. The summed E-state index contributed by atoms with van der Waals surface area (Å²) in [5.41, 5.74) is 3.52. The summed E-state index contributed by atoms with van der Waals surface area (Å²) in [5.74, 6) is 0.574. The van der Waals surface area contributed by atoms with Crippen LogP contribution in [0.15, 0.2) is 41.8 Å². The summed E-state index contributed by atoms with van der Waals surface area (Å²) in [6.45, 7) is 3.76. The highest BCUT2D eigenvalue weighted by molar-refractivity contribution is 6.32. The van der Waals surface area contributed by atoms with E-state index in [9.17, 15) is 4.79 Å². The summed E-state index contributed by atoms with van der Waals surface area (Å²) in [4.78, 5) is 14.4. The fraction of sp³-hybridized carbons (Fsp3) is 0.312. The van der Waals surface area contributed by atoms with Gasteiger partial charge in [0.25, 0.3) is 5.91 Å². The lowest BCUT2D eigenvalue weighted by Gasteiger charge is -2.28. The predicted molar refractivity (Wildman–Crippen MR) is 78.4 cm³/mol. The number of allylic oxidation sites excluding steroid dienone is 1. The Hall–Kier alpha value is -2.27. The van der Waals surface area contributed by atoms with Crippen LogP contribution in [0.4, 0.5) is 5.69 Å². The molecule has 0 atom stereocenters. The molecular weight excluding hydrogens is 268 g/mol. The number of ether oxygens (including phenoxy) is 2. The van der Waals surface area contributed by atoms with Crippen LogP contribution in [0, 0.1) is 0 Å². The lowest BCUT2D eigenvalue weighted by molar-refractivity contribution is -0.110. The molecule has 1 fully saturated rings. The summed E-state index contributed by atoms with van der Waals surface area (Å²) in [6, 6.07) is 7.69. The van der Waals surface area contributed by atoms with Crippen LogP contribution < -0.4 is 5.32 Å². The zero-order chi connectivity index (χ0) is 14.2. The van der Waals surface area contributed by atoms with Gasteiger partial charge >= 0.3 is 0 Å². The van der Waals surface area contributed by atoms with Crippen molar-refractivity contribution in [2.75, 3.05) is 38.2 Å². The number of hydrogen-bond donors (Lipinski definition) is 1. The number of para-hydroxylation sites is 1. The van der Waals surface area contributed by atoms with Gasteiger partial charge in [-0.1, -0.05) is 18.2 Å². The lowest BCUT2D eigenvalue weighted by atomic mass is 10.1. The number of morpholine rings is 1. The molecule has 21 heavy (non-hydrogen) atoms. The van der Waals surface area contributed by atoms with Gasteiger partial charge in [0, 0.05) is 30.4 Å². The summed E-state index contributed by atoms with van der Waals surface area (Å²) in [7, 11) is 0. The highest BCUT2D eigenvalue weighted by Crippen LogP contribution is 2.36. The molecule has 0 bridgehead atoms. The molecule has 1 aromatic rings. The quantitative estimate of drug-likeness (QED) is 0.796. The Morgan fingerprint density at radius 3 is 2.81 bits per heavy atom. The number of benzene rings is 1. The summed E-state index contributed by atoms with van der Waals surface area (Å²) >= 11 is 0. The van der Waals surface area contributed by atoms with E-state index in [0.29, 0.717) is 17.9 Å². The number of amides is 1. The standard InChI is InChI=1S/C16H16N2O3/c19-16-15(12-3-1-2-4-13(12)17-16)14-9-11(10-21-14)18-5-7-20-8-6-18/h1-4,9H,5-8,10H2,(H,17,19). The average Bonchev–Trinajstić information content (AvgIpc) is 3.11. The van der Waals surface area contributed by atoms with Crippen LogP contribution in [0.1, 0.15) is 5.56 Å². The molecule has 0 aromatic heterocycles. The number of anilines is 1. The third kappa shape index (κ3) is 2.10. The van der Waals surface area contributed by atoms with Crippen molar-refractivity contribution in [1.29, 1.82) is 0 Å². The van der Waals surface area contributed by atoms with E-state index in [1.165, 1.54) is 0 Å². The van der Waals surface area contributed by atoms with E-state index in [1.807, 2.05) is 30.3 Å². The number of hydrogen-bond acceptors (Lipinski definition) is 4. The van der Waals surface area contributed by atoms with Crippen molar-refractivity contribution in [3.8, 4) is 0 Å². The molecule has 108 valence electrons. The molecular formula is C16H16N2O3. The maximum absolute atomic E-state index is 12.2. The number of nitrogens with zero attached hydrogens (tertiary/aromatic N) is 1. The Kier molecular flexibility index (Phi) is 2.93. The van der Waals surface area contributed by atoms with E-state index in [4.69, 9.17) is 9.47 Å². The molecule has 0 unspecified atom stereocenters. The first kappa shape index (κ1) is 12.5. The normalized spacial score (nSPS) is 24.5. The van der Waals surface area contributed by atoms with Gasteiger partial charge in [-0.05, 0) is 6.07 Å². The van der Waals surface area contributed by atoms with E-state index >= 15 is 0 Å². The molecule has 4 rings (SSSR count). The zero-order valence-electron chi connectivity index (χ0n) is 11.6. The van der Waals surface area contributed by atoms with E-state index in [2.05, 4.69) is 10.2 Å². The second-order valence-corrected chi connectivity index (χ2v) is 5.26. The van der Waals surface area contributed by atoms with Crippen molar-refractivity contribution in [2.45, 2.75) is 0 Å². The predicted octanol–water partition coefficient (Wildman–Crippen LogP) is 1.60. The van der Waals surface area contributed by atoms with E-state index < -0.39 is 0 Å². The molecule has 1 amide bonds. The minimum Gasteiger partial charge on any atom is -0.486 e. The van der Waals surface area contributed by atoms with Crippen LogP contribution in [0.3, 0.4) is 0 Å². The van der Waals surface area contributed by atoms with Crippen LogP contribution in [-0.4, -0.2) is 43.7 Å². The first-order chi connectivity index (χ1) is 10.3. The SMILES string of the molecule is O=C1Nc2ccccc2C1=C1C=C(N2CCOCC2)CO1. The van der Waals surface area contributed by atoms with Gasteiger partial charge in [-0.15, -0.1) is 0 Å². The monoisotopic (exact) mass is 284 g/mol. The fourth-order valence-electron chi connectivity index (χ4n) is 2.93. The van der Waals surface area contributed by atoms with Crippen molar-refractivity contribution in [3.05, 3.63) is 47.4 Å². The van der Waals surface area contributed by atoms with E-state index in [0.717, 1.165) is 43.3 Å². The van der Waals surface area contributed by atoms with Gasteiger partial charge in [-0.25, -0.2) is 0 Å². The first-order valence-electron chi connectivity index (χ1n) is 7.14. The van der Waals surface area contributed by atoms with Crippen LogP contribution in [-0.2, 0) is 14.3 Å². The van der Waals surface area contributed by atoms with Crippen molar-refractivity contribution < 1.29 is 14.3 Å². The van der Waals surface area contributed by atoms with Crippen LogP contribution in [0.5, 0.6) is 0 Å². The van der Waals surface area contributed by atoms with Gasteiger partial charge in [0.05, 0.1) is 24.5 Å². The van der Waals surface area contributed by atoms with E-state index in [-0.39, 0.29) is 5.91 Å². The third-order valence-corrected chi connectivity index (χ3v) is 4.01. The zero-order valence-corrected chi connectivity index (χ0v) is 11.6. The maximum Gasteiger partial charge on any atom is 0.260 e. The van der Waals surface area contributed by atoms with Gasteiger partial charge in [0.1, 0.15) is 12.4 Å². The van der Waals surface area contributed by atoms with Gasteiger partial charge < -0.3 is 19.7 Å². The number of carbonyl (C=O) groups is 1. The van der Waals surface area contributed by atoms with Crippen LogP contribution in [0.25, 0.3) is 5.57 Å². The first-order valence-corrected chi connectivity index (χ1v) is 7.14. The average molecular weight is 284 g/mol. The largest absolute Gasteiger partial charge is 0.486 e. The molecule has 5 heteroatoms. The van der Waals surface area contributed by atoms with Gasteiger partial charge in [-0.2, -0.15) is 0 Å². The number of fused-ring (bicyclic) bond motifs is 1. The molecule has 3 heterocycles. The molecule has 1 N–H and O–H groups in total. The van der Waals surface area contributed by atoms with Crippen molar-refractivity contribution in [3.63, 3.8) is 0 Å². The van der Waals surface area contributed by atoms with Gasteiger partial charge in [0.2, 0.25) is 0 Å². The highest BCUT2D eigenvalue weighted by atomic mass is 16.5. The molecule has 1 aromatic carbocycles. The molecule has 3 aliphatic heterocycles. The summed E-state index contributed by atoms with van der Waals surface area (Å²) in [5, 5.41) is 2.88. The molecule has 0 aliphatic carbocycles. The van der Waals surface area contributed by atoms with Crippen molar-refractivity contribution in [2.24, 2.45) is 0 Å². The number of nitrogens with one attached hydrogen (secondary N) is 1. The molecule has 0 radical (unpaired) electrons. The van der Waals surface area contributed by atoms with E-state index in [1.54, 1.807) is 0 Å².